The van der Waals surface area contributed by atoms with Gasteiger partial charge >= 0.3 is 0 Å². The van der Waals surface area contributed by atoms with Crippen molar-refractivity contribution in [3.05, 3.63) is 59.7 Å². The molecule has 0 spiro atoms. The third kappa shape index (κ3) is 7.91. The molecule has 0 saturated carbocycles. The second kappa shape index (κ2) is 12.8. The number of unbranched alkanes of at least 4 members (excludes halogenated alkanes) is 2. The number of benzene rings is 2. The molecule has 0 radical (unpaired) electrons. The van der Waals surface area contributed by atoms with E-state index in [1.165, 1.54) is 49.8 Å². The Kier molecular flexibility index (Phi) is 10.4. The highest BCUT2D eigenvalue weighted by molar-refractivity contribution is 5.85. The lowest BCUT2D eigenvalue weighted by Gasteiger charge is -2.29. The zero-order valence-electron chi connectivity index (χ0n) is 17.9. The largest absolute Gasteiger partial charge is 0.497 e. The Bertz CT molecular complexity index is 721. The molecule has 160 valence electrons. The second-order valence-corrected chi connectivity index (χ2v) is 8.10. The number of para-hydroxylation sites is 1. The number of likely N-dealkylation sites (tertiary alicyclic amines) is 1. The predicted molar refractivity (Wildman–Crippen MR) is 124 cm³/mol. The van der Waals surface area contributed by atoms with E-state index in [9.17, 15) is 0 Å². The minimum Gasteiger partial charge on any atom is -0.497 e. The summed E-state index contributed by atoms with van der Waals surface area (Å²) in [6.07, 6.45) is 8.44. The van der Waals surface area contributed by atoms with Gasteiger partial charge in [0.25, 0.3) is 0 Å². The van der Waals surface area contributed by atoms with Crippen molar-refractivity contribution in [1.82, 2.24) is 4.90 Å². The van der Waals surface area contributed by atoms with Crippen LogP contribution in [-0.2, 0) is 12.8 Å². The summed E-state index contributed by atoms with van der Waals surface area (Å²) in [7, 11) is 3.94. The fourth-order valence-corrected chi connectivity index (χ4v) is 4.12. The number of ether oxygens (including phenoxy) is 2. The summed E-state index contributed by atoms with van der Waals surface area (Å²) in [5, 5.41) is 0. The molecule has 0 amide bonds. The fraction of sp³-hybridized carbons (Fsp3) is 0.520. The van der Waals surface area contributed by atoms with Crippen LogP contribution in [-0.4, -0.2) is 38.8 Å². The van der Waals surface area contributed by atoms with Crippen LogP contribution in [0, 0.1) is 5.92 Å². The van der Waals surface area contributed by atoms with E-state index in [2.05, 4.69) is 54.4 Å². The average molecular weight is 418 g/mol. The minimum atomic E-state index is 0. The lowest BCUT2D eigenvalue weighted by atomic mass is 9.99. The fourth-order valence-electron chi connectivity index (χ4n) is 4.12. The molecule has 3 nitrogen and oxygen atoms in total. The van der Waals surface area contributed by atoms with E-state index in [1.54, 1.807) is 7.11 Å². The zero-order chi connectivity index (χ0) is 19.6. The monoisotopic (exact) mass is 417 g/mol. The van der Waals surface area contributed by atoms with E-state index in [4.69, 9.17) is 9.47 Å². The number of hydrogen-bond acceptors (Lipinski definition) is 3. The smallest absolute Gasteiger partial charge is 0.122 e. The number of nitrogens with zero attached hydrogens (tertiary/aromatic N) is 1. The zero-order valence-corrected chi connectivity index (χ0v) is 18.8. The molecule has 1 saturated heterocycles. The first-order chi connectivity index (χ1) is 13.7. The molecule has 1 aliphatic heterocycles. The van der Waals surface area contributed by atoms with Gasteiger partial charge in [0.05, 0.1) is 13.7 Å². The number of halogens is 1. The van der Waals surface area contributed by atoms with Crippen molar-refractivity contribution in [2.75, 3.05) is 33.9 Å². The summed E-state index contributed by atoms with van der Waals surface area (Å²) in [6, 6.07) is 17.0. The van der Waals surface area contributed by atoms with E-state index in [1.807, 2.05) is 6.07 Å². The van der Waals surface area contributed by atoms with Gasteiger partial charge in [0, 0.05) is 12.5 Å². The van der Waals surface area contributed by atoms with Crippen LogP contribution < -0.4 is 9.47 Å². The van der Waals surface area contributed by atoms with E-state index in [-0.39, 0.29) is 12.4 Å². The normalized spacial score (nSPS) is 16.8. The predicted octanol–water partition coefficient (Wildman–Crippen LogP) is 5.79. The van der Waals surface area contributed by atoms with Crippen LogP contribution in [0.2, 0.25) is 0 Å². The van der Waals surface area contributed by atoms with Gasteiger partial charge in [-0.3, -0.25) is 0 Å². The van der Waals surface area contributed by atoms with Crippen molar-refractivity contribution in [1.29, 1.82) is 0 Å². The van der Waals surface area contributed by atoms with Crippen molar-refractivity contribution >= 4 is 12.4 Å². The Morgan fingerprint density at radius 2 is 1.83 bits per heavy atom. The topological polar surface area (TPSA) is 21.7 Å². The first kappa shape index (κ1) is 23.6. The second-order valence-electron chi connectivity index (χ2n) is 8.10. The summed E-state index contributed by atoms with van der Waals surface area (Å²) in [4.78, 5) is 2.42. The van der Waals surface area contributed by atoms with Gasteiger partial charge in [0.15, 0.2) is 0 Å². The molecule has 4 heteroatoms. The quantitative estimate of drug-likeness (QED) is 0.456. The highest BCUT2D eigenvalue weighted by Crippen LogP contribution is 2.23. The van der Waals surface area contributed by atoms with E-state index in [0.29, 0.717) is 5.92 Å². The van der Waals surface area contributed by atoms with Crippen molar-refractivity contribution in [3.8, 4) is 11.5 Å². The van der Waals surface area contributed by atoms with Crippen LogP contribution in [0.3, 0.4) is 0 Å². The Morgan fingerprint density at radius 1 is 1.00 bits per heavy atom. The maximum atomic E-state index is 6.24. The molecule has 0 bridgehead atoms. The highest BCUT2D eigenvalue weighted by Gasteiger charge is 2.18. The van der Waals surface area contributed by atoms with Gasteiger partial charge in [0.2, 0.25) is 0 Å². The molecule has 1 unspecified atom stereocenters. The highest BCUT2D eigenvalue weighted by atomic mass is 35.5. The van der Waals surface area contributed by atoms with Gasteiger partial charge in [-0.05, 0) is 81.4 Å². The molecule has 0 aromatic heterocycles. The lowest BCUT2D eigenvalue weighted by Crippen LogP contribution is -2.34. The summed E-state index contributed by atoms with van der Waals surface area (Å²) in [6.45, 7) is 3.23. The lowest BCUT2D eigenvalue weighted by molar-refractivity contribution is 0.150. The van der Waals surface area contributed by atoms with Gasteiger partial charge in [-0.1, -0.05) is 36.8 Å². The van der Waals surface area contributed by atoms with Gasteiger partial charge in [0.1, 0.15) is 11.5 Å². The molecule has 0 N–H and O–H groups in total. The van der Waals surface area contributed by atoms with Gasteiger partial charge in [-0.15, -0.1) is 12.4 Å². The molecule has 0 aliphatic carbocycles. The van der Waals surface area contributed by atoms with Crippen molar-refractivity contribution in [2.45, 2.75) is 44.9 Å². The minimum absolute atomic E-state index is 0. The third-order valence-electron chi connectivity index (χ3n) is 5.71. The first-order valence-corrected chi connectivity index (χ1v) is 10.8. The Hall–Kier alpha value is -1.71. The van der Waals surface area contributed by atoms with Crippen molar-refractivity contribution < 1.29 is 9.47 Å². The Labute approximate surface area is 182 Å². The average Bonchev–Trinajstić information content (AvgIpc) is 2.73. The third-order valence-corrected chi connectivity index (χ3v) is 5.71. The standard InChI is InChI=1S/C25H35NO2.ClH/c1-26-17-9-12-22(19-26)20-28-25-16-7-6-14-23(25)13-5-3-4-10-21-11-8-15-24(18-21)27-2;/h6-8,11,14-16,18,22H,3-5,9-10,12-13,17,19-20H2,1-2H3;1H. The number of aryl methyl sites for hydroxylation is 2. The van der Waals surface area contributed by atoms with E-state index >= 15 is 0 Å². The molecule has 1 atom stereocenters. The maximum Gasteiger partial charge on any atom is 0.122 e. The number of piperidine rings is 1. The number of hydrogen-bond donors (Lipinski definition) is 0. The van der Waals surface area contributed by atoms with Crippen LogP contribution >= 0.6 is 12.4 Å². The summed E-state index contributed by atoms with van der Waals surface area (Å²) in [5.74, 6) is 2.70. The summed E-state index contributed by atoms with van der Waals surface area (Å²) in [5.41, 5.74) is 2.72. The van der Waals surface area contributed by atoms with E-state index in [0.717, 1.165) is 37.5 Å². The van der Waals surface area contributed by atoms with Crippen LogP contribution in [0.1, 0.15) is 43.2 Å². The maximum absolute atomic E-state index is 6.24. The SMILES string of the molecule is COc1cccc(CCCCCc2ccccc2OCC2CCCN(C)C2)c1.Cl. The molecule has 2 aromatic rings. The summed E-state index contributed by atoms with van der Waals surface area (Å²) >= 11 is 0. The Morgan fingerprint density at radius 3 is 2.66 bits per heavy atom. The first-order valence-electron chi connectivity index (χ1n) is 10.8. The molecule has 2 aromatic carbocycles. The van der Waals surface area contributed by atoms with Gasteiger partial charge in [-0.25, -0.2) is 0 Å². The molecular formula is C25H36ClNO2. The van der Waals surface area contributed by atoms with Crippen LogP contribution in [0.25, 0.3) is 0 Å². The number of rotatable bonds is 10. The molecule has 29 heavy (non-hydrogen) atoms. The number of methoxy groups -OCH3 is 1. The van der Waals surface area contributed by atoms with Crippen molar-refractivity contribution in [2.24, 2.45) is 5.92 Å². The van der Waals surface area contributed by atoms with Crippen molar-refractivity contribution in [3.63, 3.8) is 0 Å². The Balaban J connectivity index is 0.00000300. The van der Waals surface area contributed by atoms with Gasteiger partial charge < -0.3 is 14.4 Å². The molecule has 1 fully saturated rings. The molecule has 1 heterocycles. The van der Waals surface area contributed by atoms with Crippen LogP contribution in [0.4, 0.5) is 0 Å². The van der Waals surface area contributed by atoms with Gasteiger partial charge in [-0.2, -0.15) is 0 Å². The molecule has 1 aliphatic rings. The van der Waals surface area contributed by atoms with Crippen LogP contribution in [0.5, 0.6) is 11.5 Å². The summed E-state index contributed by atoms with van der Waals surface area (Å²) < 4.78 is 11.5. The molecular weight excluding hydrogens is 382 g/mol. The van der Waals surface area contributed by atoms with E-state index < -0.39 is 0 Å². The molecule has 3 rings (SSSR count). The van der Waals surface area contributed by atoms with Crippen LogP contribution in [0.15, 0.2) is 48.5 Å².